The summed E-state index contributed by atoms with van der Waals surface area (Å²) >= 11 is 7.90. The van der Waals surface area contributed by atoms with Gasteiger partial charge < -0.3 is 0 Å². The fourth-order valence-electron chi connectivity index (χ4n) is 3.79. The van der Waals surface area contributed by atoms with Crippen molar-refractivity contribution in [2.24, 2.45) is 0 Å². The van der Waals surface area contributed by atoms with Crippen molar-refractivity contribution < 1.29 is 4.79 Å². The van der Waals surface area contributed by atoms with Crippen molar-refractivity contribution in [2.45, 2.75) is 29.9 Å². The van der Waals surface area contributed by atoms with Crippen LogP contribution >= 0.6 is 23.4 Å². The molecule has 0 bridgehead atoms. The molecule has 3 nitrogen and oxygen atoms in total. The summed E-state index contributed by atoms with van der Waals surface area (Å²) in [6.07, 6.45) is 4.05. The van der Waals surface area contributed by atoms with Gasteiger partial charge in [0.1, 0.15) is 6.17 Å². The van der Waals surface area contributed by atoms with Crippen molar-refractivity contribution in [1.29, 1.82) is 0 Å². The zero-order valence-electron chi connectivity index (χ0n) is 13.5. The maximum Gasteiger partial charge on any atom is 0.246 e. The number of nitrogens with zero attached hydrogens (tertiary/aromatic N) is 2. The van der Waals surface area contributed by atoms with Crippen molar-refractivity contribution in [3.8, 4) is 0 Å². The van der Waals surface area contributed by atoms with Crippen LogP contribution < -0.4 is 4.90 Å². The summed E-state index contributed by atoms with van der Waals surface area (Å²) in [6.45, 7) is 0.961. The summed E-state index contributed by atoms with van der Waals surface area (Å²) in [6, 6.07) is 16.1. The number of hydrogen-bond acceptors (Lipinski definition) is 3. The molecule has 2 aromatic rings. The molecule has 4 rings (SSSR count). The lowest BCUT2D eigenvalue weighted by molar-refractivity contribution is -0.119. The lowest BCUT2D eigenvalue weighted by Crippen LogP contribution is -2.32. The summed E-state index contributed by atoms with van der Waals surface area (Å²) in [5.74, 6) is 0.189. The number of carbonyl (C=O) groups excluding carboxylic acids is 1. The molecule has 0 aliphatic carbocycles. The molecule has 24 heavy (non-hydrogen) atoms. The first-order chi connectivity index (χ1) is 11.7. The molecular weight excluding hydrogens is 340 g/mol. The third kappa shape index (κ3) is 2.63. The molecule has 0 N–H and O–H groups in total. The Labute approximate surface area is 151 Å². The zero-order chi connectivity index (χ0) is 16.7. The molecule has 0 radical (unpaired) electrons. The fourth-order valence-corrected chi connectivity index (χ4v) is 4.38. The largest absolute Gasteiger partial charge is 0.290 e. The van der Waals surface area contributed by atoms with Gasteiger partial charge in [-0.3, -0.25) is 14.6 Å². The predicted octanol–water partition coefficient (Wildman–Crippen LogP) is 4.57. The molecule has 2 fully saturated rings. The number of hydrogen-bond donors (Lipinski definition) is 0. The van der Waals surface area contributed by atoms with Crippen LogP contribution in [-0.2, 0) is 4.79 Å². The Balaban J connectivity index is 1.78. The first-order valence-corrected chi connectivity index (χ1v) is 9.77. The van der Waals surface area contributed by atoms with Crippen molar-refractivity contribution in [3.63, 3.8) is 0 Å². The van der Waals surface area contributed by atoms with Gasteiger partial charge in [-0.05, 0) is 55.0 Å². The minimum atomic E-state index is -0.0422. The number of fused-ring (bicyclic) bond motifs is 1. The molecular formula is C19H19ClN2OS. The summed E-state index contributed by atoms with van der Waals surface area (Å²) in [5.41, 5.74) is 2.03. The van der Waals surface area contributed by atoms with Gasteiger partial charge in [0.15, 0.2) is 0 Å². The van der Waals surface area contributed by atoms with E-state index >= 15 is 0 Å². The van der Waals surface area contributed by atoms with E-state index in [2.05, 4.69) is 35.4 Å². The number of anilines is 1. The van der Waals surface area contributed by atoms with Gasteiger partial charge in [-0.2, -0.15) is 0 Å². The molecule has 1 amide bonds. The minimum Gasteiger partial charge on any atom is -0.290 e. The number of amides is 1. The Morgan fingerprint density at radius 1 is 1.17 bits per heavy atom. The Kier molecular flexibility index (Phi) is 4.29. The monoisotopic (exact) mass is 358 g/mol. The third-order valence-corrected chi connectivity index (χ3v) is 5.85. The van der Waals surface area contributed by atoms with E-state index in [1.54, 1.807) is 11.8 Å². The first-order valence-electron chi connectivity index (χ1n) is 8.17. The molecule has 2 aromatic carbocycles. The average molecular weight is 359 g/mol. The van der Waals surface area contributed by atoms with Crippen LogP contribution in [0.1, 0.15) is 24.6 Å². The van der Waals surface area contributed by atoms with Gasteiger partial charge in [-0.1, -0.05) is 29.8 Å². The number of carbonyl (C=O) groups is 1. The van der Waals surface area contributed by atoms with Gasteiger partial charge in [-0.15, -0.1) is 11.8 Å². The van der Waals surface area contributed by atoms with E-state index in [0.29, 0.717) is 5.02 Å². The van der Waals surface area contributed by atoms with Crippen LogP contribution in [0.25, 0.3) is 0 Å². The van der Waals surface area contributed by atoms with Gasteiger partial charge in [0.25, 0.3) is 0 Å². The number of benzene rings is 2. The molecule has 124 valence electrons. The highest BCUT2D eigenvalue weighted by molar-refractivity contribution is 7.98. The summed E-state index contributed by atoms with van der Waals surface area (Å²) in [5, 5.41) is 0.656. The smallest absolute Gasteiger partial charge is 0.246 e. The van der Waals surface area contributed by atoms with E-state index in [1.165, 1.54) is 4.90 Å². The van der Waals surface area contributed by atoms with Gasteiger partial charge in [0, 0.05) is 22.2 Å². The maximum absolute atomic E-state index is 13.0. The lowest BCUT2D eigenvalue weighted by atomic mass is 10.1. The van der Waals surface area contributed by atoms with E-state index in [9.17, 15) is 4.79 Å². The average Bonchev–Trinajstić information content (AvgIpc) is 3.17. The van der Waals surface area contributed by atoms with Crippen LogP contribution in [-0.4, -0.2) is 29.6 Å². The summed E-state index contributed by atoms with van der Waals surface area (Å²) in [7, 11) is 0. The highest BCUT2D eigenvalue weighted by Gasteiger charge is 2.49. The first kappa shape index (κ1) is 16.0. The molecule has 2 atom stereocenters. The molecule has 0 aromatic heterocycles. The normalized spacial score (nSPS) is 23.8. The van der Waals surface area contributed by atoms with Crippen LogP contribution in [0.3, 0.4) is 0 Å². The topological polar surface area (TPSA) is 23.6 Å². The van der Waals surface area contributed by atoms with Crippen LogP contribution in [0.4, 0.5) is 5.69 Å². The molecule has 2 aliphatic heterocycles. The van der Waals surface area contributed by atoms with Gasteiger partial charge in [0.05, 0.1) is 6.04 Å². The van der Waals surface area contributed by atoms with Crippen molar-refractivity contribution >= 4 is 35.0 Å². The van der Waals surface area contributed by atoms with Gasteiger partial charge >= 0.3 is 0 Å². The standard InChI is InChI=1S/C19H19ClN2OS/c1-24-16-9-7-13(8-10-16)18-21-11-3-6-17(21)19(23)22(18)15-5-2-4-14(20)12-15/h2,4-5,7-10,12,17-18H,3,6,11H2,1H3. The molecule has 5 heteroatoms. The SMILES string of the molecule is CSc1ccc(C2N(c3cccc(Cl)c3)C(=O)C3CCCN32)cc1. The van der Waals surface area contributed by atoms with Crippen LogP contribution in [0.2, 0.25) is 5.02 Å². The molecule has 0 saturated carbocycles. The van der Waals surface area contributed by atoms with Gasteiger partial charge in [-0.25, -0.2) is 0 Å². The van der Waals surface area contributed by atoms with Crippen LogP contribution in [0.5, 0.6) is 0 Å². The number of rotatable bonds is 3. The molecule has 2 saturated heterocycles. The van der Waals surface area contributed by atoms with E-state index in [0.717, 1.165) is 30.6 Å². The minimum absolute atomic E-state index is 0.00536. The second-order valence-corrected chi connectivity index (χ2v) is 7.55. The van der Waals surface area contributed by atoms with Crippen LogP contribution in [0, 0.1) is 0 Å². The summed E-state index contributed by atoms with van der Waals surface area (Å²) in [4.78, 5) is 18.5. The molecule has 0 spiro atoms. The number of thioether (sulfide) groups is 1. The lowest BCUT2D eigenvalue weighted by Gasteiger charge is -2.30. The highest BCUT2D eigenvalue weighted by atomic mass is 35.5. The van der Waals surface area contributed by atoms with E-state index < -0.39 is 0 Å². The second-order valence-electron chi connectivity index (χ2n) is 6.23. The Morgan fingerprint density at radius 3 is 2.67 bits per heavy atom. The Bertz CT molecular complexity index is 764. The molecule has 2 aliphatic rings. The quantitative estimate of drug-likeness (QED) is 0.751. The Morgan fingerprint density at radius 2 is 1.96 bits per heavy atom. The molecule has 2 heterocycles. The van der Waals surface area contributed by atoms with Gasteiger partial charge in [0.2, 0.25) is 5.91 Å². The summed E-state index contributed by atoms with van der Waals surface area (Å²) < 4.78 is 0. The predicted molar refractivity (Wildman–Crippen MR) is 99.6 cm³/mol. The van der Waals surface area contributed by atoms with E-state index in [-0.39, 0.29) is 18.1 Å². The van der Waals surface area contributed by atoms with Crippen molar-refractivity contribution in [3.05, 3.63) is 59.1 Å². The highest BCUT2D eigenvalue weighted by Crippen LogP contribution is 2.43. The third-order valence-electron chi connectivity index (χ3n) is 4.88. The van der Waals surface area contributed by atoms with E-state index in [1.807, 2.05) is 29.2 Å². The van der Waals surface area contributed by atoms with Crippen molar-refractivity contribution in [1.82, 2.24) is 4.90 Å². The Hall–Kier alpha value is -1.49. The fraction of sp³-hybridized carbons (Fsp3) is 0.316. The number of halogens is 1. The van der Waals surface area contributed by atoms with Crippen LogP contribution in [0.15, 0.2) is 53.4 Å². The molecule has 2 unspecified atom stereocenters. The van der Waals surface area contributed by atoms with E-state index in [4.69, 9.17) is 11.6 Å². The second kappa shape index (κ2) is 6.43. The zero-order valence-corrected chi connectivity index (χ0v) is 15.1. The van der Waals surface area contributed by atoms with Crippen molar-refractivity contribution in [2.75, 3.05) is 17.7 Å². The maximum atomic E-state index is 13.0.